The van der Waals surface area contributed by atoms with E-state index in [1.807, 2.05) is 37.3 Å². The van der Waals surface area contributed by atoms with E-state index in [2.05, 4.69) is 22.6 Å². The lowest BCUT2D eigenvalue weighted by Gasteiger charge is -2.13. The highest BCUT2D eigenvalue weighted by Crippen LogP contribution is 2.30. The van der Waals surface area contributed by atoms with Crippen molar-refractivity contribution in [3.63, 3.8) is 0 Å². The van der Waals surface area contributed by atoms with Gasteiger partial charge in [0.1, 0.15) is 18.2 Å². The van der Waals surface area contributed by atoms with Crippen molar-refractivity contribution in [3.8, 4) is 17.6 Å². The highest BCUT2D eigenvalue weighted by molar-refractivity contribution is 14.1. The number of likely N-dealkylation sites (N-methyl/N-ethyl adjacent to an activating group) is 1. The number of hydrogen-bond acceptors (Lipinski definition) is 4. The van der Waals surface area contributed by atoms with Gasteiger partial charge in [-0.3, -0.25) is 4.79 Å². The molecule has 140 valence electrons. The zero-order chi connectivity index (χ0) is 19.8. The zero-order valence-corrected chi connectivity index (χ0v) is 17.7. The number of carbonyl (C=O) groups excluding carboxylic acids is 1. The first-order chi connectivity index (χ1) is 12.9. The number of nitrogens with zero attached hydrogens (tertiary/aromatic N) is 2. The molecule has 0 radical (unpaired) electrons. The van der Waals surface area contributed by atoms with Gasteiger partial charge in [0, 0.05) is 17.7 Å². The standard InChI is InChI=1S/C21H21IN2O3/c1-4-26-20-12-16(11-17(13-23)21(25)24(2)3)7-10-19(20)27-14-15-5-8-18(22)9-6-15/h5-12H,4,14H2,1-3H3/b17-11-. The monoisotopic (exact) mass is 476 g/mol. The van der Waals surface area contributed by atoms with Crippen LogP contribution in [0.1, 0.15) is 18.1 Å². The fourth-order valence-electron chi connectivity index (χ4n) is 2.29. The molecule has 0 atom stereocenters. The van der Waals surface area contributed by atoms with E-state index in [9.17, 15) is 10.1 Å². The van der Waals surface area contributed by atoms with Gasteiger partial charge in [-0.2, -0.15) is 5.26 Å². The van der Waals surface area contributed by atoms with Crippen LogP contribution in [0.2, 0.25) is 0 Å². The Kier molecular flexibility index (Phi) is 7.67. The van der Waals surface area contributed by atoms with Crippen molar-refractivity contribution in [2.24, 2.45) is 0 Å². The Morgan fingerprint density at radius 3 is 2.44 bits per heavy atom. The fraction of sp³-hybridized carbons (Fsp3) is 0.238. The van der Waals surface area contributed by atoms with Crippen molar-refractivity contribution in [1.82, 2.24) is 4.90 Å². The number of amides is 1. The molecule has 0 aliphatic carbocycles. The Balaban J connectivity index is 2.23. The molecule has 0 saturated carbocycles. The normalized spacial score (nSPS) is 10.9. The van der Waals surface area contributed by atoms with Crippen molar-refractivity contribution in [2.75, 3.05) is 20.7 Å². The molecule has 27 heavy (non-hydrogen) atoms. The van der Waals surface area contributed by atoms with Gasteiger partial charge in [0.15, 0.2) is 11.5 Å². The van der Waals surface area contributed by atoms with Crippen LogP contribution in [0.3, 0.4) is 0 Å². The highest BCUT2D eigenvalue weighted by Gasteiger charge is 2.12. The van der Waals surface area contributed by atoms with Gasteiger partial charge in [0.25, 0.3) is 5.91 Å². The molecule has 0 bridgehead atoms. The van der Waals surface area contributed by atoms with E-state index in [4.69, 9.17) is 9.47 Å². The predicted molar refractivity (Wildman–Crippen MR) is 113 cm³/mol. The Hall–Kier alpha value is -2.53. The van der Waals surface area contributed by atoms with Crippen molar-refractivity contribution in [3.05, 3.63) is 62.7 Å². The third kappa shape index (κ3) is 6.00. The lowest BCUT2D eigenvalue weighted by molar-refractivity contribution is -0.124. The van der Waals surface area contributed by atoms with Crippen molar-refractivity contribution < 1.29 is 14.3 Å². The van der Waals surface area contributed by atoms with Crippen LogP contribution in [-0.2, 0) is 11.4 Å². The maximum atomic E-state index is 12.0. The van der Waals surface area contributed by atoms with E-state index < -0.39 is 0 Å². The molecule has 0 spiro atoms. The number of halogens is 1. The number of nitriles is 1. The summed E-state index contributed by atoms with van der Waals surface area (Å²) in [5.74, 6) is 0.853. The van der Waals surface area contributed by atoms with Crippen LogP contribution in [-0.4, -0.2) is 31.5 Å². The molecule has 0 unspecified atom stereocenters. The van der Waals surface area contributed by atoms with E-state index in [0.29, 0.717) is 30.3 Å². The van der Waals surface area contributed by atoms with Gasteiger partial charge in [-0.05, 0) is 71.0 Å². The molecule has 0 aliphatic rings. The van der Waals surface area contributed by atoms with Crippen LogP contribution < -0.4 is 9.47 Å². The molecule has 0 aromatic heterocycles. The average Bonchev–Trinajstić information content (AvgIpc) is 2.66. The number of carbonyl (C=O) groups is 1. The lowest BCUT2D eigenvalue weighted by Crippen LogP contribution is -2.22. The zero-order valence-electron chi connectivity index (χ0n) is 15.5. The van der Waals surface area contributed by atoms with Gasteiger partial charge in [-0.15, -0.1) is 0 Å². The quantitative estimate of drug-likeness (QED) is 0.341. The molecule has 6 heteroatoms. The van der Waals surface area contributed by atoms with Gasteiger partial charge in [-0.1, -0.05) is 18.2 Å². The third-order valence-corrected chi connectivity index (χ3v) is 4.36. The third-order valence-electron chi connectivity index (χ3n) is 3.64. The van der Waals surface area contributed by atoms with Crippen molar-refractivity contribution in [2.45, 2.75) is 13.5 Å². The average molecular weight is 476 g/mol. The summed E-state index contributed by atoms with van der Waals surface area (Å²) >= 11 is 2.26. The summed E-state index contributed by atoms with van der Waals surface area (Å²) in [6.45, 7) is 2.80. The maximum Gasteiger partial charge on any atom is 0.264 e. The SMILES string of the molecule is CCOc1cc(/C=C(/C#N)C(=O)N(C)C)ccc1OCc1ccc(I)cc1. The Labute approximate surface area is 173 Å². The molecule has 2 aromatic rings. The van der Waals surface area contributed by atoms with Gasteiger partial charge in [-0.25, -0.2) is 0 Å². The lowest BCUT2D eigenvalue weighted by atomic mass is 10.1. The molecule has 0 heterocycles. The summed E-state index contributed by atoms with van der Waals surface area (Å²) in [5.41, 5.74) is 1.83. The molecular formula is C21H21IN2O3. The second-order valence-corrected chi connectivity index (χ2v) is 7.17. The second kappa shape index (κ2) is 9.97. The summed E-state index contributed by atoms with van der Waals surface area (Å²) in [4.78, 5) is 13.4. The molecule has 0 saturated heterocycles. The largest absolute Gasteiger partial charge is 0.490 e. The number of ether oxygens (including phenoxy) is 2. The Bertz CT molecular complexity index is 868. The minimum Gasteiger partial charge on any atom is -0.490 e. The van der Waals surface area contributed by atoms with E-state index in [0.717, 1.165) is 5.56 Å². The van der Waals surface area contributed by atoms with Crippen LogP contribution in [0.4, 0.5) is 0 Å². The first-order valence-corrected chi connectivity index (χ1v) is 9.50. The summed E-state index contributed by atoms with van der Waals surface area (Å²) in [6, 6.07) is 15.4. The fourth-order valence-corrected chi connectivity index (χ4v) is 2.65. The first kappa shape index (κ1) is 20.8. The minimum absolute atomic E-state index is 0.0648. The molecule has 0 N–H and O–H groups in total. The number of rotatable bonds is 7. The van der Waals surface area contributed by atoms with E-state index in [-0.39, 0.29) is 11.5 Å². The van der Waals surface area contributed by atoms with Gasteiger partial charge in [0.2, 0.25) is 0 Å². The summed E-state index contributed by atoms with van der Waals surface area (Å²) in [7, 11) is 3.22. The molecular weight excluding hydrogens is 455 g/mol. The first-order valence-electron chi connectivity index (χ1n) is 8.42. The summed E-state index contributed by atoms with van der Waals surface area (Å²) < 4.78 is 12.7. The topological polar surface area (TPSA) is 62.6 Å². The van der Waals surface area contributed by atoms with Crippen LogP contribution in [0.25, 0.3) is 6.08 Å². The Morgan fingerprint density at radius 2 is 1.85 bits per heavy atom. The van der Waals surface area contributed by atoms with Crippen LogP contribution in [0, 0.1) is 14.9 Å². The van der Waals surface area contributed by atoms with Crippen molar-refractivity contribution >= 4 is 34.6 Å². The van der Waals surface area contributed by atoms with Crippen LogP contribution >= 0.6 is 22.6 Å². The van der Waals surface area contributed by atoms with Gasteiger partial charge < -0.3 is 14.4 Å². The molecule has 2 rings (SSSR count). The predicted octanol–water partition coefficient (Wildman–Crippen LogP) is 4.26. The van der Waals surface area contributed by atoms with Crippen LogP contribution in [0.5, 0.6) is 11.5 Å². The number of hydrogen-bond donors (Lipinski definition) is 0. The Morgan fingerprint density at radius 1 is 1.15 bits per heavy atom. The van der Waals surface area contributed by atoms with Gasteiger partial charge >= 0.3 is 0 Å². The molecule has 2 aromatic carbocycles. The number of benzene rings is 2. The van der Waals surface area contributed by atoms with E-state index in [1.165, 1.54) is 8.47 Å². The molecule has 0 fully saturated rings. The minimum atomic E-state index is -0.338. The summed E-state index contributed by atoms with van der Waals surface area (Å²) in [6.07, 6.45) is 1.55. The molecule has 5 nitrogen and oxygen atoms in total. The van der Waals surface area contributed by atoms with E-state index >= 15 is 0 Å². The molecule has 1 amide bonds. The second-order valence-electron chi connectivity index (χ2n) is 5.92. The maximum absolute atomic E-state index is 12.0. The molecule has 0 aliphatic heterocycles. The highest BCUT2D eigenvalue weighted by atomic mass is 127. The summed E-state index contributed by atoms with van der Waals surface area (Å²) in [5, 5.41) is 9.24. The van der Waals surface area contributed by atoms with Gasteiger partial charge in [0.05, 0.1) is 6.61 Å². The van der Waals surface area contributed by atoms with Crippen LogP contribution in [0.15, 0.2) is 48.0 Å². The van der Waals surface area contributed by atoms with Crippen molar-refractivity contribution in [1.29, 1.82) is 5.26 Å². The smallest absolute Gasteiger partial charge is 0.264 e. The van der Waals surface area contributed by atoms with E-state index in [1.54, 1.807) is 38.4 Å².